The third kappa shape index (κ3) is 4.40. The molecule has 0 bridgehead atoms. The molecule has 0 spiro atoms. The highest BCUT2D eigenvalue weighted by Crippen LogP contribution is 2.40. The van der Waals surface area contributed by atoms with Crippen molar-refractivity contribution in [3.8, 4) is 0 Å². The fourth-order valence-electron chi connectivity index (χ4n) is 4.49. The summed E-state index contributed by atoms with van der Waals surface area (Å²) in [5.74, 6) is 0.934. The number of halogens is 3. The maximum atomic E-state index is 10.4. The van der Waals surface area contributed by atoms with Gasteiger partial charge in [0.25, 0.3) is 0 Å². The van der Waals surface area contributed by atoms with Crippen molar-refractivity contribution >= 4 is 35.6 Å². The summed E-state index contributed by atoms with van der Waals surface area (Å²) in [6, 6.07) is 6.43. The van der Waals surface area contributed by atoms with Gasteiger partial charge in [-0.2, -0.15) is 0 Å². The quantitative estimate of drug-likeness (QED) is 0.727. The van der Waals surface area contributed by atoms with Crippen molar-refractivity contribution in [2.75, 3.05) is 13.1 Å². The van der Waals surface area contributed by atoms with Crippen LogP contribution in [-0.2, 0) is 0 Å². The molecule has 136 valence electrons. The second kappa shape index (κ2) is 9.09. The van der Waals surface area contributed by atoms with Crippen molar-refractivity contribution in [1.82, 2.24) is 4.90 Å². The molecular weight excluding hydrogens is 365 g/mol. The molecule has 0 aliphatic carbocycles. The number of nitrogens with zero attached hydrogens (tertiary/aromatic N) is 1. The number of aliphatic hydroxyl groups excluding tert-OH is 1. The molecule has 1 aromatic carbocycles. The first kappa shape index (κ1) is 20.3. The van der Waals surface area contributed by atoms with E-state index in [1.807, 2.05) is 12.1 Å². The van der Waals surface area contributed by atoms with Gasteiger partial charge in [-0.3, -0.25) is 4.90 Å². The van der Waals surface area contributed by atoms with Crippen molar-refractivity contribution in [3.63, 3.8) is 0 Å². The van der Waals surface area contributed by atoms with Gasteiger partial charge in [-0.15, -0.1) is 12.4 Å². The van der Waals surface area contributed by atoms with E-state index in [4.69, 9.17) is 23.2 Å². The summed E-state index contributed by atoms with van der Waals surface area (Å²) in [6.45, 7) is 4.30. The summed E-state index contributed by atoms with van der Waals surface area (Å²) < 4.78 is 0. The lowest BCUT2D eigenvalue weighted by Crippen LogP contribution is -2.54. The molecule has 2 saturated heterocycles. The van der Waals surface area contributed by atoms with E-state index >= 15 is 0 Å². The van der Waals surface area contributed by atoms with E-state index < -0.39 is 0 Å². The first-order chi connectivity index (χ1) is 11.1. The van der Waals surface area contributed by atoms with Crippen molar-refractivity contribution in [2.45, 2.75) is 63.5 Å². The molecule has 5 heteroatoms. The van der Waals surface area contributed by atoms with E-state index in [0.717, 1.165) is 43.8 Å². The molecule has 0 aromatic heterocycles. The van der Waals surface area contributed by atoms with E-state index in [9.17, 15) is 5.11 Å². The van der Waals surface area contributed by atoms with Gasteiger partial charge in [-0.1, -0.05) is 49.0 Å². The maximum Gasteiger partial charge on any atom is 0.0595 e. The fourth-order valence-corrected chi connectivity index (χ4v) is 5.05. The highest BCUT2D eigenvalue weighted by atomic mass is 35.5. The average Bonchev–Trinajstić information content (AvgIpc) is 2.53. The number of rotatable bonds is 4. The summed E-state index contributed by atoms with van der Waals surface area (Å²) in [7, 11) is 0. The van der Waals surface area contributed by atoms with Crippen LogP contribution < -0.4 is 0 Å². The fraction of sp³-hybridized carbons (Fsp3) is 0.684. The van der Waals surface area contributed by atoms with Crippen LogP contribution in [0.1, 0.15) is 56.9 Å². The van der Waals surface area contributed by atoms with Gasteiger partial charge in [0.1, 0.15) is 0 Å². The Bertz CT molecular complexity index is 539. The lowest BCUT2D eigenvalue weighted by molar-refractivity contribution is -0.0400. The number of piperidine rings is 2. The summed E-state index contributed by atoms with van der Waals surface area (Å²) in [5.41, 5.74) is 1.23. The molecule has 2 aliphatic heterocycles. The second-order valence-corrected chi connectivity index (χ2v) is 8.01. The highest BCUT2D eigenvalue weighted by molar-refractivity contribution is 6.35. The topological polar surface area (TPSA) is 23.5 Å². The Labute approximate surface area is 161 Å². The monoisotopic (exact) mass is 391 g/mol. The van der Waals surface area contributed by atoms with Crippen LogP contribution in [0, 0.1) is 5.92 Å². The third-order valence-electron chi connectivity index (χ3n) is 5.73. The minimum absolute atomic E-state index is 0. The number of fused-ring (bicyclic) bond motifs is 1. The van der Waals surface area contributed by atoms with E-state index in [0.29, 0.717) is 22.9 Å². The molecule has 2 heterocycles. The van der Waals surface area contributed by atoms with Gasteiger partial charge >= 0.3 is 0 Å². The summed E-state index contributed by atoms with van der Waals surface area (Å²) in [5, 5.41) is 11.9. The Morgan fingerprint density at radius 1 is 1.21 bits per heavy atom. The van der Waals surface area contributed by atoms with Crippen LogP contribution in [-0.4, -0.2) is 35.2 Å². The van der Waals surface area contributed by atoms with E-state index in [2.05, 4.69) is 17.9 Å². The van der Waals surface area contributed by atoms with Crippen molar-refractivity contribution in [2.24, 2.45) is 5.92 Å². The van der Waals surface area contributed by atoms with Gasteiger partial charge in [-0.25, -0.2) is 0 Å². The van der Waals surface area contributed by atoms with Crippen LogP contribution in [0.4, 0.5) is 0 Å². The third-order valence-corrected chi connectivity index (χ3v) is 6.29. The van der Waals surface area contributed by atoms with Crippen molar-refractivity contribution < 1.29 is 5.11 Å². The van der Waals surface area contributed by atoms with Gasteiger partial charge in [0.15, 0.2) is 0 Å². The molecule has 4 atom stereocenters. The number of unbranched alkanes of at least 4 members (excludes halogenated alkanes) is 1. The minimum Gasteiger partial charge on any atom is -0.393 e. The molecule has 2 nitrogen and oxygen atoms in total. The van der Waals surface area contributed by atoms with Crippen LogP contribution in [0.5, 0.6) is 0 Å². The number of hydrogen-bond acceptors (Lipinski definition) is 2. The molecule has 1 aromatic rings. The second-order valence-electron chi connectivity index (χ2n) is 7.16. The van der Waals surface area contributed by atoms with E-state index in [-0.39, 0.29) is 18.5 Å². The Kier molecular flexibility index (Phi) is 7.70. The number of aliphatic hydroxyl groups is 1. The molecule has 1 N–H and O–H groups in total. The predicted molar refractivity (Wildman–Crippen MR) is 105 cm³/mol. The van der Waals surface area contributed by atoms with Crippen LogP contribution in [0.2, 0.25) is 10.0 Å². The highest BCUT2D eigenvalue weighted by Gasteiger charge is 2.40. The zero-order valence-corrected chi connectivity index (χ0v) is 16.6. The Hall–Kier alpha value is 0.01000. The Balaban J connectivity index is 0.00000208. The summed E-state index contributed by atoms with van der Waals surface area (Å²) in [6.07, 6.45) is 6.69. The van der Waals surface area contributed by atoms with Gasteiger partial charge < -0.3 is 5.11 Å². The number of hydrogen-bond donors (Lipinski definition) is 1. The van der Waals surface area contributed by atoms with Gasteiger partial charge in [0.05, 0.1) is 6.10 Å². The standard InChI is InChI=1S/C19H27Cl2NO.ClH/c1-2-3-4-16-18-8-5-13(12-22(18)10-9-19(16)23)15-7-6-14(20)11-17(15)21;/h6-7,11,13,16,18-19,23H,2-5,8-10,12H2,1H3;1H. The van der Waals surface area contributed by atoms with Gasteiger partial charge in [-0.05, 0) is 49.3 Å². The maximum absolute atomic E-state index is 10.4. The van der Waals surface area contributed by atoms with Crippen LogP contribution in [0.25, 0.3) is 0 Å². The lowest BCUT2D eigenvalue weighted by Gasteiger charge is -2.49. The van der Waals surface area contributed by atoms with Crippen molar-refractivity contribution in [1.29, 1.82) is 0 Å². The molecule has 3 rings (SSSR count). The average molecular weight is 393 g/mol. The zero-order chi connectivity index (χ0) is 16.4. The molecule has 0 saturated carbocycles. The molecule has 24 heavy (non-hydrogen) atoms. The number of benzene rings is 1. The smallest absolute Gasteiger partial charge is 0.0595 e. The van der Waals surface area contributed by atoms with Crippen LogP contribution in [0.15, 0.2) is 18.2 Å². The Morgan fingerprint density at radius 3 is 2.71 bits per heavy atom. The molecular formula is C19H28Cl3NO. The van der Waals surface area contributed by atoms with Crippen molar-refractivity contribution in [3.05, 3.63) is 33.8 Å². The first-order valence-corrected chi connectivity index (χ1v) is 9.72. The molecule has 0 amide bonds. The van der Waals surface area contributed by atoms with Gasteiger partial charge in [0.2, 0.25) is 0 Å². The molecule has 0 radical (unpaired) electrons. The minimum atomic E-state index is -0.113. The Morgan fingerprint density at radius 2 is 2.00 bits per heavy atom. The SMILES string of the molecule is CCCCC1C(O)CCN2CC(c3ccc(Cl)cc3Cl)CCC12.Cl. The first-order valence-electron chi connectivity index (χ1n) is 8.97. The normalized spacial score (nSPS) is 30.5. The van der Waals surface area contributed by atoms with E-state index in [1.165, 1.54) is 18.4 Å². The van der Waals surface area contributed by atoms with E-state index in [1.54, 1.807) is 0 Å². The molecule has 2 aliphatic rings. The van der Waals surface area contributed by atoms with Crippen LogP contribution in [0.3, 0.4) is 0 Å². The molecule has 2 fully saturated rings. The zero-order valence-electron chi connectivity index (χ0n) is 14.3. The summed E-state index contributed by atoms with van der Waals surface area (Å²) >= 11 is 12.4. The van der Waals surface area contributed by atoms with Crippen LogP contribution >= 0.6 is 35.6 Å². The predicted octanol–water partition coefficient (Wildman–Crippen LogP) is 5.53. The molecule has 4 unspecified atom stereocenters. The lowest BCUT2D eigenvalue weighted by atomic mass is 9.76. The van der Waals surface area contributed by atoms with Gasteiger partial charge in [0, 0.05) is 35.1 Å². The summed E-state index contributed by atoms with van der Waals surface area (Å²) in [4.78, 5) is 2.60. The largest absolute Gasteiger partial charge is 0.393 e.